The molecule has 1 aromatic carbocycles. The molecule has 2 aromatic heterocycles. The summed E-state index contributed by atoms with van der Waals surface area (Å²) in [5.41, 5.74) is 2.14. The van der Waals surface area contributed by atoms with E-state index in [4.69, 9.17) is 14.7 Å². The molecule has 1 fully saturated rings. The Kier molecular flexibility index (Phi) is 5.87. The second-order valence-corrected chi connectivity index (χ2v) is 7.68. The van der Waals surface area contributed by atoms with E-state index in [-0.39, 0.29) is 5.56 Å². The van der Waals surface area contributed by atoms with Crippen LogP contribution in [0.25, 0.3) is 11.2 Å². The van der Waals surface area contributed by atoms with Gasteiger partial charge in [-0.3, -0.25) is 9.36 Å². The topological polar surface area (TPSA) is 73.1 Å². The Balaban J connectivity index is 1.86. The van der Waals surface area contributed by atoms with Gasteiger partial charge in [0, 0.05) is 18.8 Å². The van der Waals surface area contributed by atoms with E-state index >= 15 is 0 Å². The fourth-order valence-electron chi connectivity index (χ4n) is 3.18. The molecule has 28 heavy (non-hydrogen) atoms. The van der Waals surface area contributed by atoms with Gasteiger partial charge in [0.05, 0.1) is 26.0 Å². The number of nitrogens with zero attached hydrogens (tertiary/aromatic N) is 5. The van der Waals surface area contributed by atoms with Gasteiger partial charge in [0.2, 0.25) is 0 Å². The maximum atomic E-state index is 12.7. The van der Waals surface area contributed by atoms with Gasteiger partial charge in [-0.15, -0.1) is 0 Å². The largest absolute Gasteiger partial charge is 0.378 e. The van der Waals surface area contributed by atoms with Gasteiger partial charge >= 0.3 is 0 Å². The van der Waals surface area contributed by atoms with E-state index in [0.717, 1.165) is 36.6 Å². The number of ether oxygens (including phenoxy) is 1. The van der Waals surface area contributed by atoms with Crippen molar-refractivity contribution < 1.29 is 4.74 Å². The third-order valence-corrected chi connectivity index (χ3v) is 5.64. The third-order valence-electron chi connectivity index (χ3n) is 4.58. The van der Waals surface area contributed by atoms with E-state index in [2.05, 4.69) is 16.8 Å². The molecule has 0 spiro atoms. The molecule has 8 heteroatoms. The fourth-order valence-corrected chi connectivity index (χ4v) is 3.87. The van der Waals surface area contributed by atoms with Crippen LogP contribution in [-0.2, 0) is 11.3 Å². The van der Waals surface area contributed by atoms with Crippen LogP contribution in [0.1, 0.15) is 18.9 Å². The van der Waals surface area contributed by atoms with Crippen LogP contribution in [0.5, 0.6) is 0 Å². The second kappa shape index (κ2) is 8.70. The first-order valence-electron chi connectivity index (χ1n) is 9.53. The average molecular weight is 398 g/mol. The summed E-state index contributed by atoms with van der Waals surface area (Å²) in [6, 6.07) is 9.93. The lowest BCUT2D eigenvalue weighted by molar-refractivity contribution is 0.122. The van der Waals surface area contributed by atoms with Crippen molar-refractivity contribution in [3.8, 4) is 0 Å². The maximum Gasteiger partial charge on any atom is 0.270 e. The summed E-state index contributed by atoms with van der Waals surface area (Å²) in [6.07, 6.45) is 2.40. The predicted octanol–water partition coefficient (Wildman–Crippen LogP) is 2.57. The minimum Gasteiger partial charge on any atom is -0.378 e. The van der Waals surface area contributed by atoms with Gasteiger partial charge in [0.15, 0.2) is 16.6 Å². The molecular formula is C20H23N5O2S. The van der Waals surface area contributed by atoms with Gasteiger partial charge < -0.3 is 9.64 Å². The molecule has 1 aliphatic heterocycles. The summed E-state index contributed by atoms with van der Waals surface area (Å²) in [4.78, 5) is 28.8. The summed E-state index contributed by atoms with van der Waals surface area (Å²) in [5.74, 6) is 1.71. The van der Waals surface area contributed by atoms with Crippen LogP contribution in [0.15, 0.2) is 46.5 Å². The van der Waals surface area contributed by atoms with Crippen molar-refractivity contribution >= 4 is 28.7 Å². The van der Waals surface area contributed by atoms with Gasteiger partial charge in [-0.25, -0.2) is 15.0 Å². The Morgan fingerprint density at radius 1 is 1.14 bits per heavy atom. The number of hydrogen-bond donors (Lipinski definition) is 0. The number of morpholine rings is 1. The average Bonchev–Trinajstić information content (AvgIpc) is 2.75. The highest BCUT2D eigenvalue weighted by molar-refractivity contribution is 7.99. The fraction of sp³-hybridized carbons (Fsp3) is 0.400. The molecule has 0 unspecified atom stereocenters. The minimum atomic E-state index is -0.158. The molecule has 1 saturated heterocycles. The molecule has 0 amide bonds. The first-order chi connectivity index (χ1) is 13.8. The molecule has 3 heterocycles. The molecule has 7 nitrogen and oxygen atoms in total. The number of benzene rings is 1. The summed E-state index contributed by atoms with van der Waals surface area (Å²) in [7, 11) is 0. The Hall–Kier alpha value is -2.45. The highest BCUT2D eigenvalue weighted by Crippen LogP contribution is 2.26. The normalized spacial score (nSPS) is 14.5. The van der Waals surface area contributed by atoms with E-state index in [0.29, 0.717) is 36.1 Å². The number of thioether (sulfide) groups is 1. The highest BCUT2D eigenvalue weighted by atomic mass is 32.2. The lowest BCUT2D eigenvalue weighted by atomic mass is 10.2. The Labute approximate surface area is 167 Å². The minimum absolute atomic E-state index is 0.158. The highest BCUT2D eigenvalue weighted by Gasteiger charge is 2.20. The zero-order valence-electron chi connectivity index (χ0n) is 15.9. The number of rotatable bonds is 6. The van der Waals surface area contributed by atoms with Crippen LogP contribution in [-0.4, -0.2) is 51.6 Å². The predicted molar refractivity (Wildman–Crippen MR) is 111 cm³/mol. The molecule has 0 radical (unpaired) electrons. The lowest BCUT2D eigenvalue weighted by Crippen LogP contribution is -2.37. The molecule has 0 saturated carbocycles. The van der Waals surface area contributed by atoms with Crippen molar-refractivity contribution in [1.29, 1.82) is 0 Å². The number of fused-ring (bicyclic) bond motifs is 1. The number of aromatic nitrogens is 4. The van der Waals surface area contributed by atoms with Crippen LogP contribution in [0.4, 0.5) is 5.82 Å². The van der Waals surface area contributed by atoms with E-state index < -0.39 is 0 Å². The van der Waals surface area contributed by atoms with Crippen molar-refractivity contribution in [3.05, 3.63) is 52.4 Å². The summed E-state index contributed by atoms with van der Waals surface area (Å²) in [6.45, 7) is 5.41. The molecule has 0 aliphatic carbocycles. The molecule has 146 valence electrons. The van der Waals surface area contributed by atoms with Crippen molar-refractivity contribution in [3.63, 3.8) is 0 Å². The van der Waals surface area contributed by atoms with Gasteiger partial charge in [-0.1, -0.05) is 49.0 Å². The van der Waals surface area contributed by atoms with Crippen LogP contribution in [0.2, 0.25) is 0 Å². The van der Waals surface area contributed by atoms with Gasteiger partial charge in [-0.2, -0.15) is 0 Å². The van der Waals surface area contributed by atoms with E-state index in [1.54, 1.807) is 16.3 Å². The van der Waals surface area contributed by atoms with Gasteiger partial charge in [0.1, 0.15) is 5.52 Å². The Bertz CT molecular complexity index is 1000. The standard InChI is InChI=1S/C20H23N5O2S/c1-2-12-28-20-22-18(24-8-10-27-11-9-24)17-19(23-20)25(16(26)13-21-17)14-15-6-4-3-5-7-15/h3-7,13H,2,8-12,14H2,1H3. The zero-order chi connectivity index (χ0) is 19.3. The molecule has 0 atom stereocenters. The summed E-state index contributed by atoms with van der Waals surface area (Å²) in [5, 5.41) is 0.685. The zero-order valence-corrected chi connectivity index (χ0v) is 16.7. The lowest BCUT2D eigenvalue weighted by Gasteiger charge is -2.28. The van der Waals surface area contributed by atoms with Crippen molar-refractivity contribution in [2.75, 3.05) is 37.0 Å². The number of anilines is 1. The van der Waals surface area contributed by atoms with Crippen molar-refractivity contribution in [2.24, 2.45) is 0 Å². The van der Waals surface area contributed by atoms with Crippen LogP contribution < -0.4 is 10.5 Å². The molecule has 0 N–H and O–H groups in total. The van der Waals surface area contributed by atoms with Gasteiger partial charge in [0.25, 0.3) is 5.56 Å². The molecular weight excluding hydrogens is 374 g/mol. The van der Waals surface area contributed by atoms with E-state index in [1.165, 1.54) is 6.20 Å². The first-order valence-corrected chi connectivity index (χ1v) is 10.5. The maximum absolute atomic E-state index is 12.7. The molecule has 3 aromatic rings. The van der Waals surface area contributed by atoms with Crippen LogP contribution >= 0.6 is 11.8 Å². The SMILES string of the molecule is CCCSc1nc(N2CCOCC2)c2ncc(=O)n(Cc3ccccc3)c2n1. The van der Waals surface area contributed by atoms with E-state index in [9.17, 15) is 4.79 Å². The molecule has 0 bridgehead atoms. The van der Waals surface area contributed by atoms with Crippen molar-refractivity contribution in [2.45, 2.75) is 25.0 Å². The van der Waals surface area contributed by atoms with Crippen molar-refractivity contribution in [1.82, 2.24) is 19.5 Å². The third kappa shape index (κ3) is 4.02. The quantitative estimate of drug-likeness (QED) is 0.467. The van der Waals surface area contributed by atoms with Crippen LogP contribution in [0.3, 0.4) is 0 Å². The molecule has 4 rings (SSSR count). The first kappa shape index (κ1) is 18.9. The summed E-state index contributed by atoms with van der Waals surface area (Å²) < 4.78 is 7.18. The monoisotopic (exact) mass is 397 g/mol. The van der Waals surface area contributed by atoms with Crippen LogP contribution in [0, 0.1) is 0 Å². The van der Waals surface area contributed by atoms with Gasteiger partial charge in [-0.05, 0) is 12.0 Å². The number of hydrogen-bond acceptors (Lipinski definition) is 7. The summed E-state index contributed by atoms with van der Waals surface area (Å²) >= 11 is 1.61. The second-order valence-electron chi connectivity index (χ2n) is 6.62. The smallest absolute Gasteiger partial charge is 0.270 e. The molecule has 1 aliphatic rings. The Morgan fingerprint density at radius 2 is 1.93 bits per heavy atom. The van der Waals surface area contributed by atoms with E-state index in [1.807, 2.05) is 30.3 Å². The Morgan fingerprint density at radius 3 is 2.68 bits per heavy atom.